The lowest BCUT2D eigenvalue weighted by atomic mass is 10.3. The molecular weight excluding hydrogens is 445 g/mol. The van der Waals surface area contributed by atoms with Crippen LogP contribution in [0.25, 0.3) is 0 Å². The number of hydrogen-bond donors (Lipinski definition) is 2. The molecule has 0 bridgehead atoms. The van der Waals surface area contributed by atoms with Gasteiger partial charge < -0.3 is 20.1 Å². The van der Waals surface area contributed by atoms with Crippen molar-refractivity contribution in [3.8, 4) is 5.88 Å². The summed E-state index contributed by atoms with van der Waals surface area (Å²) in [6.45, 7) is 5.01. The Morgan fingerprint density at radius 3 is 2.65 bits per heavy atom. The molecule has 2 rings (SSSR count). The monoisotopic (exact) mass is 471 g/mol. The van der Waals surface area contributed by atoms with Crippen LogP contribution in [0.4, 0.5) is 0 Å². The summed E-state index contributed by atoms with van der Waals surface area (Å²) in [6, 6.07) is 9.65. The Bertz CT molecular complexity index is 638. The number of hydrogen-bond acceptors (Lipinski definition) is 5. The van der Waals surface area contributed by atoms with E-state index >= 15 is 0 Å². The van der Waals surface area contributed by atoms with E-state index in [1.54, 1.807) is 19.5 Å². The van der Waals surface area contributed by atoms with Crippen molar-refractivity contribution >= 4 is 29.9 Å². The minimum absolute atomic E-state index is 0. The van der Waals surface area contributed by atoms with Crippen molar-refractivity contribution in [3.63, 3.8) is 0 Å². The molecule has 2 aromatic heterocycles. The van der Waals surface area contributed by atoms with Gasteiger partial charge in [0.15, 0.2) is 5.96 Å². The highest BCUT2D eigenvalue weighted by Crippen LogP contribution is 2.08. The van der Waals surface area contributed by atoms with Gasteiger partial charge in [-0.25, -0.2) is 9.98 Å². The van der Waals surface area contributed by atoms with Crippen molar-refractivity contribution in [2.45, 2.75) is 20.0 Å². The minimum atomic E-state index is 0. The largest absolute Gasteiger partial charge is 0.475 e. The van der Waals surface area contributed by atoms with Crippen molar-refractivity contribution in [1.29, 1.82) is 0 Å². The number of nitrogens with zero attached hydrogens (tertiary/aromatic N) is 3. The highest BCUT2D eigenvalue weighted by molar-refractivity contribution is 14.0. The maximum absolute atomic E-state index is 5.45. The molecule has 0 radical (unpaired) electrons. The van der Waals surface area contributed by atoms with Crippen molar-refractivity contribution in [2.24, 2.45) is 4.99 Å². The lowest BCUT2D eigenvalue weighted by Crippen LogP contribution is -2.37. The molecule has 0 unspecified atom stereocenters. The third-order valence-corrected chi connectivity index (χ3v) is 3.26. The van der Waals surface area contributed by atoms with Crippen molar-refractivity contribution in [2.75, 3.05) is 26.9 Å². The smallest absolute Gasteiger partial charge is 0.213 e. The first kappa shape index (κ1) is 22.1. The van der Waals surface area contributed by atoms with E-state index in [1.165, 1.54) is 0 Å². The van der Waals surface area contributed by atoms with Gasteiger partial charge in [-0.3, -0.25) is 4.98 Å². The van der Waals surface area contributed by atoms with Gasteiger partial charge in [0, 0.05) is 32.1 Å². The summed E-state index contributed by atoms with van der Waals surface area (Å²) in [7, 11) is 1.64. The van der Waals surface area contributed by atoms with Crippen LogP contribution in [0.1, 0.15) is 18.2 Å². The zero-order chi connectivity index (χ0) is 17.7. The molecule has 0 saturated carbocycles. The van der Waals surface area contributed by atoms with E-state index in [0.717, 1.165) is 23.8 Å². The van der Waals surface area contributed by atoms with E-state index in [-0.39, 0.29) is 24.0 Å². The SMILES string of the molecule is CCNC(=NCc1ccc(OCCOC)nc1)NCc1ccccn1.I. The topological polar surface area (TPSA) is 80.7 Å². The van der Waals surface area contributed by atoms with Crippen LogP contribution in [0.3, 0.4) is 0 Å². The molecule has 142 valence electrons. The van der Waals surface area contributed by atoms with Crippen LogP contribution in [0.2, 0.25) is 0 Å². The molecule has 2 N–H and O–H groups in total. The third kappa shape index (κ3) is 8.43. The number of rotatable bonds is 9. The van der Waals surface area contributed by atoms with Gasteiger partial charge in [0.05, 0.1) is 25.4 Å². The average molecular weight is 471 g/mol. The molecule has 0 saturated heterocycles. The van der Waals surface area contributed by atoms with Crippen molar-refractivity contribution in [1.82, 2.24) is 20.6 Å². The van der Waals surface area contributed by atoms with Gasteiger partial charge in [-0.2, -0.15) is 0 Å². The van der Waals surface area contributed by atoms with Gasteiger partial charge in [-0.15, -0.1) is 24.0 Å². The molecule has 0 amide bonds. The molecular formula is C18H26IN5O2. The second-order valence-electron chi connectivity index (χ2n) is 5.22. The molecule has 0 aliphatic carbocycles. The molecule has 0 fully saturated rings. The standard InChI is InChI=1S/C18H25N5O2.HI/c1-3-19-18(23-14-16-6-4-5-9-20-16)22-13-15-7-8-17(21-12-15)25-11-10-24-2;/h4-9,12H,3,10-11,13-14H2,1-2H3,(H2,19,22,23);1H. The summed E-state index contributed by atoms with van der Waals surface area (Å²) >= 11 is 0. The second kappa shape index (κ2) is 13.3. The van der Waals surface area contributed by atoms with Crippen LogP contribution < -0.4 is 15.4 Å². The molecule has 7 nitrogen and oxygen atoms in total. The molecule has 0 aromatic carbocycles. The number of ether oxygens (including phenoxy) is 2. The first-order chi connectivity index (χ1) is 12.3. The van der Waals surface area contributed by atoms with E-state index in [2.05, 4.69) is 25.6 Å². The van der Waals surface area contributed by atoms with Gasteiger partial charge in [0.2, 0.25) is 5.88 Å². The van der Waals surface area contributed by atoms with Crippen LogP contribution in [0.15, 0.2) is 47.7 Å². The summed E-state index contributed by atoms with van der Waals surface area (Å²) in [5, 5.41) is 6.49. The molecule has 0 spiro atoms. The highest BCUT2D eigenvalue weighted by atomic mass is 127. The first-order valence-corrected chi connectivity index (χ1v) is 8.30. The van der Waals surface area contributed by atoms with Crippen molar-refractivity contribution < 1.29 is 9.47 Å². The summed E-state index contributed by atoms with van der Waals surface area (Å²) < 4.78 is 10.4. The molecule has 26 heavy (non-hydrogen) atoms. The van der Waals surface area contributed by atoms with Crippen LogP contribution >= 0.6 is 24.0 Å². The number of aliphatic imine (C=N–C) groups is 1. The molecule has 2 aromatic rings. The van der Waals surface area contributed by atoms with E-state index in [9.17, 15) is 0 Å². The quantitative estimate of drug-likeness (QED) is 0.253. The fraction of sp³-hybridized carbons (Fsp3) is 0.389. The fourth-order valence-electron chi connectivity index (χ4n) is 2.01. The predicted octanol–water partition coefficient (Wildman–Crippen LogP) is 2.38. The molecule has 0 atom stereocenters. The zero-order valence-corrected chi connectivity index (χ0v) is 17.5. The summed E-state index contributed by atoms with van der Waals surface area (Å²) in [6.07, 6.45) is 3.55. The predicted molar refractivity (Wildman–Crippen MR) is 113 cm³/mol. The second-order valence-corrected chi connectivity index (χ2v) is 5.22. The maximum atomic E-state index is 5.45. The number of aromatic nitrogens is 2. The Morgan fingerprint density at radius 1 is 1.12 bits per heavy atom. The zero-order valence-electron chi connectivity index (χ0n) is 15.1. The van der Waals surface area contributed by atoms with Crippen molar-refractivity contribution in [3.05, 3.63) is 54.0 Å². The van der Waals surface area contributed by atoms with E-state index < -0.39 is 0 Å². The third-order valence-electron chi connectivity index (χ3n) is 3.26. The van der Waals surface area contributed by atoms with E-state index in [4.69, 9.17) is 9.47 Å². The van der Waals surface area contributed by atoms with E-state index in [1.807, 2.05) is 37.3 Å². The van der Waals surface area contributed by atoms with Crippen LogP contribution in [-0.2, 0) is 17.8 Å². The van der Waals surface area contributed by atoms with Crippen LogP contribution in [0.5, 0.6) is 5.88 Å². The number of halogens is 1. The molecule has 8 heteroatoms. The maximum Gasteiger partial charge on any atom is 0.213 e. The van der Waals surface area contributed by atoms with Gasteiger partial charge in [0.1, 0.15) is 6.61 Å². The Labute approximate surface area is 171 Å². The average Bonchev–Trinajstić information content (AvgIpc) is 2.66. The van der Waals surface area contributed by atoms with Crippen LogP contribution in [0, 0.1) is 0 Å². The molecule has 0 aliphatic heterocycles. The van der Waals surface area contributed by atoms with E-state index in [0.29, 0.717) is 32.2 Å². The van der Waals surface area contributed by atoms with Gasteiger partial charge in [-0.1, -0.05) is 12.1 Å². The molecule has 0 aliphatic rings. The Hall–Kier alpha value is -1.94. The van der Waals surface area contributed by atoms with Gasteiger partial charge >= 0.3 is 0 Å². The lowest BCUT2D eigenvalue weighted by molar-refractivity contribution is 0.143. The summed E-state index contributed by atoms with van der Waals surface area (Å²) in [5.41, 5.74) is 1.97. The first-order valence-electron chi connectivity index (χ1n) is 8.30. The lowest BCUT2D eigenvalue weighted by Gasteiger charge is -2.11. The number of guanidine groups is 1. The molecule has 2 heterocycles. The van der Waals surface area contributed by atoms with Gasteiger partial charge in [0.25, 0.3) is 0 Å². The van der Waals surface area contributed by atoms with Crippen LogP contribution in [-0.4, -0.2) is 42.8 Å². The van der Waals surface area contributed by atoms with Gasteiger partial charge in [-0.05, 0) is 24.6 Å². The summed E-state index contributed by atoms with van der Waals surface area (Å²) in [5.74, 6) is 1.33. The summed E-state index contributed by atoms with van der Waals surface area (Å²) in [4.78, 5) is 13.1. The normalized spacial score (nSPS) is 10.8. The Balaban J connectivity index is 0.00000338. The number of nitrogens with one attached hydrogen (secondary N) is 2. The Kier molecular flexibility index (Phi) is 11.3. The fourth-order valence-corrected chi connectivity index (χ4v) is 2.01. The number of methoxy groups -OCH3 is 1. The highest BCUT2D eigenvalue weighted by Gasteiger charge is 2.00. The Morgan fingerprint density at radius 2 is 2.00 bits per heavy atom. The minimum Gasteiger partial charge on any atom is -0.475 e. The number of pyridine rings is 2.